The van der Waals surface area contributed by atoms with Crippen LogP contribution in [0.1, 0.15) is 66.8 Å². The Labute approximate surface area is 232 Å². The molecule has 2 aromatic heterocycles. The van der Waals surface area contributed by atoms with Crippen LogP contribution in [0.4, 0.5) is 5.82 Å². The Balaban J connectivity index is 1.61. The molecule has 11 nitrogen and oxygen atoms in total. The molecule has 1 aliphatic rings. The number of hydrogen-bond acceptors (Lipinski definition) is 11. The number of rotatable bonds is 11. The monoisotopic (exact) mass is 586 g/mol. The average molecular weight is 587 g/mol. The van der Waals surface area contributed by atoms with Crippen LogP contribution in [0, 0.1) is 10.8 Å². The SMILES string of the molecule is CC(C)(C)C(=O)SCCOP(=O)(NC1CCC(n2cnc3c(N)ncnc32)C1)OCCSC(=O)C(C)(C)C. The van der Waals surface area contributed by atoms with Crippen molar-refractivity contribution in [3.63, 3.8) is 0 Å². The van der Waals surface area contributed by atoms with Gasteiger partial charge in [-0.1, -0.05) is 65.1 Å². The lowest BCUT2D eigenvalue weighted by molar-refractivity contribution is -0.118. The van der Waals surface area contributed by atoms with Gasteiger partial charge >= 0.3 is 7.75 Å². The van der Waals surface area contributed by atoms with Gasteiger partial charge in [0.25, 0.3) is 0 Å². The second kappa shape index (κ2) is 12.8. The third-order valence-corrected chi connectivity index (χ3v) is 10.1. The second-order valence-electron chi connectivity index (χ2n) is 11.3. The number of thioether (sulfide) groups is 2. The molecular formula is C24H39N6O5PS2. The number of carbonyl (C=O) groups excluding carboxylic acids is 2. The first-order valence-electron chi connectivity index (χ1n) is 12.6. The van der Waals surface area contributed by atoms with Crippen molar-refractivity contribution in [2.24, 2.45) is 10.8 Å². The van der Waals surface area contributed by atoms with E-state index in [0.29, 0.717) is 34.9 Å². The summed E-state index contributed by atoms with van der Waals surface area (Å²) in [6, 6.07) is -0.0460. The number of hydrogen-bond donors (Lipinski definition) is 2. The summed E-state index contributed by atoms with van der Waals surface area (Å²) in [4.78, 5) is 37.1. The first kappa shape index (κ1) is 31.0. The Morgan fingerprint density at radius 3 is 2.16 bits per heavy atom. The van der Waals surface area contributed by atoms with Crippen molar-refractivity contribution in [2.45, 2.75) is 72.9 Å². The van der Waals surface area contributed by atoms with E-state index in [9.17, 15) is 14.2 Å². The summed E-state index contributed by atoms with van der Waals surface area (Å²) in [5.74, 6) is 1.05. The van der Waals surface area contributed by atoms with Gasteiger partial charge in [0.05, 0.1) is 19.5 Å². The minimum atomic E-state index is -3.70. The minimum Gasteiger partial charge on any atom is -0.382 e. The van der Waals surface area contributed by atoms with Crippen LogP contribution in [0.2, 0.25) is 0 Å². The van der Waals surface area contributed by atoms with E-state index >= 15 is 0 Å². The Morgan fingerprint density at radius 2 is 1.61 bits per heavy atom. The third-order valence-electron chi connectivity index (χ3n) is 5.91. The summed E-state index contributed by atoms with van der Waals surface area (Å²) in [7, 11) is -3.70. The molecule has 212 valence electrons. The van der Waals surface area contributed by atoms with Gasteiger partial charge in [-0.25, -0.2) is 24.6 Å². The summed E-state index contributed by atoms with van der Waals surface area (Å²) < 4.78 is 27.2. The first-order chi connectivity index (χ1) is 17.7. The molecule has 0 aliphatic heterocycles. The largest absolute Gasteiger partial charge is 0.405 e. The molecule has 1 fully saturated rings. The van der Waals surface area contributed by atoms with Crippen molar-refractivity contribution in [3.8, 4) is 0 Å². The van der Waals surface area contributed by atoms with Crippen LogP contribution in [0.3, 0.4) is 0 Å². The van der Waals surface area contributed by atoms with Gasteiger partial charge in [0.1, 0.15) is 11.8 Å². The van der Waals surface area contributed by atoms with Crippen LogP contribution >= 0.6 is 31.3 Å². The molecule has 0 bridgehead atoms. The fourth-order valence-electron chi connectivity index (χ4n) is 3.82. The summed E-state index contributed by atoms with van der Waals surface area (Å²) in [5.41, 5.74) is 6.22. The number of aromatic nitrogens is 4. The molecule has 1 aliphatic carbocycles. The Hall–Kier alpha value is -1.50. The molecule has 0 aromatic carbocycles. The van der Waals surface area contributed by atoms with Crippen LogP contribution in [-0.4, -0.2) is 60.5 Å². The lowest BCUT2D eigenvalue weighted by Crippen LogP contribution is -2.27. The summed E-state index contributed by atoms with van der Waals surface area (Å²) in [6.45, 7) is 11.3. The van der Waals surface area contributed by atoms with Crippen molar-refractivity contribution in [2.75, 3.05) is 30.5 Å². The van der Waals surface area contributed by atoms with Gasteiger partial charge in [-0.2, -0.15) is 0 Å². The van der Waals surface area contributed by atoms with Crippen molar-refractivity contribution in [1.29, 1.82) is 0 Å². The van der Waals surface area contributed by atoms with Crippen LogP contribution < -0.4 is 10.8 Å². The summed E-state index contributed by atoms with van der Waals surface area (Å²) in [5, 5.41) is 3.19. The van der Waals surface area contributed by atoms with E-state index in [1.807, 2.05) is 46.1 Å². The molecule has 2 atom stereocenters. The molecule has 14 heteroatoms. The highest BCUT2D eigenvalue weighted by Crippen LogP contribution is 2.47. The number of nitrogens with one attached hydrogen (secondary N) is 1. The highest BCUT2D eigenvalue weighted by Gasteiger charge is 2.35. The maximum Gasteiger partial charge on any atom is 0.405 e. The van der Waals surface area contributed by atoms with E-state index in [-0.39, 0.29) is 35.5 Å². The van der Waals surface area contributed by atoms with Crippen LogP contribution in [0.25, 0.3) is 11.2 Å². The molecule has 2 aromatic rings. The minimum absolute atomic E-state index is 0.0394. The lowest BCUT2D eigenvalue weighted by atomic mass is 9.99. The highest BCUT2D eigenvalue weighted by atomic mass is 32.2. The van der Waals surface area contributed by atoms with E-state index in [2.05, 4.69) is 20.0 Å². The Morgan fingerprint density at radius 1 is 1.03 bits per heavy atom. The number of nitrogen functional groups attached to an aromatic ring is 1. The normalized spacial score (nSPS) is 18.8. The summed E-state index contributed by atoms with van der Waals surface area (Å²) in [6.07, 6.45) is 5.36. The standard InChI is InChI=1S/C24H39N6O5PS2/c1-23(2,3)21(31)37-11-9-34-36(33,35-10-12-38-22(32)24(4,5)6)29-16-7-8-17(13-16)30-15-28-18-19(25)26-14-27-20(18)30/h14-17H,7-13H2,1-6H3,(H,29,33)(H2,25,26,27). The third kappa shape index (κ3) is 8.50. The number of nitrogens with zero attached hydrogens (tertiary/aromatic N) is 4. The van der Waals surface area contributed by atoms with Crippen molar-refractivity contribution < 1.29 is 23.2 Å². The fraction of sp³-hybridized carbons (Fsp3) is 0.708. The maximum atomic E-state index is 13.7. The molecular weight excluding hydrogens is 547 g/mol. The quantitative estimate of drug-likeness (QED) is 0.274. The average Bonchev–Trinajstić information content (AvgIpc) is 3.45. The van der Waals surface area contributed by atoms with E-state index < -0.39 is 18.6 Å². The van der Waals surface area contributed by atoms with Crippen molar-refractivity contribution in [1.82, 2.24) is 24.6 Å². The molecule has 38 heavy (non-hydrogen) atoms. The van der Waals surface area contributed by atoms with Gasteiger partial charge in [0.15, 0.2) is 21.7 Å². The van der Waals surface area contributed by atoms with Gasteiger partial charge in [-0.05, 0) is 19.3 Å². The van der Waals surface area contributed by atoms with Crippen molar-refractivity contribution in [3.05, 3.63) is 12.7 Å². The lowest BCUT2D eigenvalue weighted by Gasteiger charge is -2.23. The maximum absolute atomic E-state index is 13.7. The van der Waals surface area contributed by atoms with E-state index in [4.69, 9.17) is 14.8 Å². The summed E-state index contributed by atoms with van der Waals surface area (Å²) >= 11 is 2.31. The van der Waals surface area contributed by atoms with E-state index in [1.54, 1.807) is 6.33 Å². The molecule has 0 saturated heterocycles. The van der Waals surface area contributed by atoms with Crippen LogP contribution in [-0.2, 0) is 23.2 Å². The molecule has 3 N–H and O–H groups in total. The van der Waals surface area contributed by atoms with Gasteiger partial charge in [-0.3, -0.25) is 18.6 Å². The molecule has 2 heterocycles. The molecule has 0 spiro atoms. The zero-order chi connectivity index (χ0) is 28.1. The number of anilines is 1. The van der Waals surface area contributed by atoms with Crippen molar-refractivity contribution >= 4 is 58.5 Å². The predicted molar refractivity (Wildman–Crippen MR) is 153 cm³/mol. The second-order valence-corrected chi connectivity index (χ2v) is 15.2. The van der Waals surface area contributed by atoms with E-state index in [1.165, 1.54) is 6.33 Å². The molecule has 0 radical (unpaired) electrons. The molecule has 1 saturated carbocycles. The highest BCUT2D eigenvalue weighted by molar-refractivity contribution is 8.14. The van der Waals surface area contributed by atoms with Crippen LogP contribution in [0.5, 0.6) is 0 Å². The zero-order valence-electron chi connectivity index (χ0n) is 22.9. The number of nitrogens with two attached hydrogens (primary N) is 1. The zero-order valence-corrected chi connectivity index (χ0v) is 25.5. The van der Waals surface area contributed by atoms with Gasteiger partial charge < -0.3 is 10.3 Å². The van der Waals surface area contributed by atoms with Gasteiger partial charge in [0.2, 0.25) is 0 Å². The van der Waals surface area contributed by atoms with Gasteiger partial charge in [0, 0.05) is 34.4 Å². The number of fused-ring (bicyclic) bond motifs is 1. The topological polar surface area (TPSA) is 151 Å². The number of carbonyl (C=O) groups is 2. The van der Waals surface area contributed by atoms with Crippen LogP contribution in [0.15, 0.2) is 12.7 Å². The smallest absolute Gasteiger partial charge is 0.382 e. The predicted octanol–water partition coefficient (Wildman–Crippen LogP) is 4.84. The number of imidazole rings is 1. The first-order valence-corrected chi connectivity index (χ1v) is 16.2. The van der Waals surface area contributed by atoms with E-state index in [0.717, 1.165) is 36.4 Å². The molecule has 0 amide bonds. The Kier molecular flexibility index (Phi) is 10.4. The molecule has 3 rings (SSSR count). The molecule has 2 unspecified atom stereocenters. The fourth-order valence-corrected chi connectivity index (χ4v) is 7.20. The Bertz CT molecular complexity index is 1140. The van der Waals surface area contributed by atoms with Gasteiger partial charge in [-0.15, -0.1) is 0 Å².